The third-order valence-electron chi connectivity index (χ3n) is 4.11. The first-order chi connectivity index (χ1) is 9.70. The number of unbranched alkanes of at least 4 members (excludes halogenated alkanes) is 8. The lowest BCUT2D eigenvalue weighted by Crippen LogP contribution is -2.13. The summed E-state index contributed by atoms with van der Waals surface area (Å²) in [6, 6.07) is 0. The fourth-order valence-electron chi connectivity index (χ4n) is 2.63. The summed E-state index contributed by atoms with van der Waals surface area (Å²) < 4.78 is 0. The van der Waals surface area contributed by atoms with E-state index in [4.69, 9.17) is 0 Å². The van der Waals surface area contributed by atoms with Crippen molar-refractivity contribution in [2.24, 2.45) is 0 Å². The van der Waals surface area contributed by atoms with E-state index in [9.17, 15) is 10.2 Å². The molecule has 2 heteroatoms. The van der Waals surface area contributed by atoms with E-state index in [1.54, 1.807) is 0 Å². The van der Waals surface area contributed by atoms with E-state index < -0.39 is 0 Å². The molecule has 0 saturated carbocycles. The van der Waals surface area contributed by atoms with Crippen LogP contribution in [0.1, 0.15) is 104 Å². The molecule has 0 aliphatic carbocycles. The zero-order valence-corrected chi connectivity index (χ0v) is 13.9. The van der Waals surface area contributed by atoms with Gasteiger partial charge >= 0.3 is 0 Å². The van der Waals surface area contributed by atoms with Crippen LogP contribution in [0.3, 0.4) is 0 Å². The van der Waals surface area contributed by atoms with Crippen molar-refractivity contribution in [2.45, 2.75) is 116 Å². The first kappa shape index (κ1) is 19.9. The Labute approximate surface area is 127 Å². The molecule has 20 heavy (non-hydrogen) atoms. The molecule has 2 N–H and O–H groups in total. The second kappa shape index (κ2) is 15.3. The highest BCUT2D eigenvalue weighted by atomic mass is 16.3. The Hall–Kier alpha value is -0.0800. The number of hydrogen-bond donors (Lipinski definition) is 2. The molecule has 0 aliphatic heterocycles. The first-order valence-corrected chi connectivity index (χ1v) is 9.06. The highest BCUT2D eigenvalue weighted by Gasteiger charge is 2.08. The van der Waals surface area contributed by atoms with Crippen LogP contribution in [0, 0.1) is 0 Å². The molecule has 0 rings (SSSR count). The van der Waals surface area contributed by atoms with Crippen LogP contribution in [0.25, 0.3) is 0 Å². The van der Waals surface area contributed by atoms with Gasteiger partial charge in [0.05, 0.1) is 12.2 Å². The van der Waals surface area contributed by atoms with Crippen LogP contribution in [0.5, 0.6) is 0 Å². The Morgan fingerprint density at radius 1 is 0.500 bits per heavy atom. The molecule has 0 heterocycles. The molecule has 0 amide bonds. The molecule has 0 bridgehead atoms. The van der Waals surface area contributed by atoms with Gasteiger partial charge in [-0.25, -0.2) is 0 Å². The van der Waals surface area contributed by atoms with Crippen LogP contribution >= 0.6 is 0 Å². The van der Waals surface area contributed by atoms with Gasteiger partial charge in [0, 0.05) is 0 Å². The summed E-state index contributed by atoms with van der Waals surface area (Å²) in [5.74, 6) is 0. The summed E-state index contributed by atoms with van der Waals surface area (Å²) in [5.41, 5.74) is 0. The highest BCUT2D eigenvalue weighted by molar-refractivity contribution is 4.62. The van der Waals surface area contributed by atoms with Crippen LogP contribution in [0.4, 0.5) is 0 Å². The van der Waals surface area contributed by atoms with Gasteiger partial charge in [0.25, 0.3) is 0 Å². The molecule has 0 aromatic rings. The zero-order valence-electron chi connectivity index (χ0n) is 13.9. The lowest BCUT2D eigenvalue weighted by atomic mass is 10.0. The van der Waals surface area contributed by atoms with Crippen LogP contribution in [0.15, 0.2) is 0 Å². The largest absolute Gasteiger partial charge is 0.393 e. The summed E-state index contributed by atoms with van der Waals surface area (Å²) in [7, 11) is 0. The molecule has 122 valence electrons. The Kier molecular flexibility index (Phi) is 15.3. The van der Waals surface area contributed by atoms with Gasteiger partial charge in [-0.05, 0) is 25.7 Å². The monoisotopic (exact) mass is 286 g/mol. The number of hydrogen-bond acceptors (Lipinski definition) is 2. The summed E-state index contributed by atoms with van der Waals surface area (Å²) in [4.78, 5) is 0. The van der Waals surface area contributed by atoms with E-state index in [2.05, 4.69) is 13.8 Å². The second-order valence-corrected chi connectivity index (χ2v) is 6.29. The summed E-state index contributed by atoms with van der Waals surface area (Å²) >= 11 is 0. The molecule has 2 atom stereocenters. The predicted octanol–water partition coefficient (Wildman–Crippen LogP) is 5.21. The molecule has 0 spiro atoms. The highest BCUT2D eigenvalue weighted by Crippen LogP contribution is 2.14. The van der Waals surface area contributed by atoms with E-state index in [-0.39, 0.29) is 12.2 Å². The lowest BCUT2D eigenvalue weighted by Gasteiger charge is -2.14. The molecular weight excluding hydrogens is 248 g/mol. The van der Waals surface area contributed by atoms with E-state index in [1.807, 2.05) is 0 Å². The van der Waals surface area contributed by atoms with Gasteiger partial charge in [-0.2, -0.15) is 0 Å². The smallest absolute Gasteiger partial charge is 0.0541 e. The van der Waals surface area contributed by atoms with Crippen molar-refractivity contribution in [3.63, 3.8) is 0 Å². The van der Waals surface area contributed by atoms with Gasteiger partial charge < -0.3 is 10.2 Å². The standard InChI is InChI=1S/C18H38O2/c1-3-5-7-8-9-10-11-12-14-18(20)16-15-17(19)13-6-4-2/h17-20H,3-16H2,1-2H3/t17-,18+/m1/s1. The average Bonchev–Trinajstić information content (AvgIpc) is 2.45. The Bertz CT molecular complexity index is 182. The molecule has 0 fully saturated rings. The van der Waals surface area contributed by atoms with Crippen molar-refractivity contribution in [1.82, 2.24) is 0 Å². The van der Waals surface area contributed by atoms with Gasteiger partial charge in [-0.1, -0.05) is 78.1 Å². The van der Waals surface area contributed by atoms with E-state index in [1.165, 1.54) is 44.9 Å². The lowest BCUT2D eigenvalue weighted by molar-refractivity contribution is 0.101. The Morgan fingerprint density at radius 3 is 1.40 bits per heavy atom. The minimum absolute atomic E-state index is 0.202. The topological polar surface area (TPSA) is 40.5 Å². The number of rotatable bonds is 15. The fourth-order valence-corrected chi connectivity index (χ4v) is 2.63. The van der Waals surface area contributed by atoms with Crippen molar-refractivity contribution in [3.8, 4) is 0 Å². The van der Waals surface area contributed by atoms with Crippen molar-refractivity contribution in [1.29, 1.82) is 0 Å². The predicted molar refractivity (Wildman–Crippen MR) is 88.0 cm³/mol. The normalized spacial score (nSPS) is 14.4. The Morgan fingerprint density at radius 2 is 0.900 bits per heavy atom. The number of aliphatic hydroxyl groups is 2. The Balaban J connectivity index is 3.25. The molecule has 0 unspecified atom stereocenters. The minimum Gasteiger partial charge on any atom is -0.393 e. The zero-order chi connectivity index (χ0) is 15.1. The SMILES string of the molecule is CCCCCCCCCC[C@H](O)CC[C@H](O)CCCC. The van der Waals surface area contributed by atoms with Gasteiger partial charge in [-0.3, -0.25) is 0 Å². The molecular formula is C18H38O2. The van der Waals surface area contributed by atoms with Gasteiger partial charge in [0.15, 0.2) is 0 Å². The van der Waals surface area contributed by atoms with Gasteiger partial charge in [-0.15, -0.1) is 0 Å². The van der Waals surface area contributed by atoms with E-state index in [0.29, 0.717) is 0 Å². The van der Waals surface area contributed by atoms with Crippen LogP contribution in [-0.2, 0) is 0 Å². The minimum atomic E-state index is -0.205. The quantitative estimate of drug-likeness (QED) is 0.406. The van der Waals surface area contributed by atoms with Crippen LogP contribution < -0.4 is 0 Å². The number of aliphatic hydroxyl groups excluding tert-OH is 2. The van der Waals surface area contributed by atoms with Gasteiger partial charge in [0.1, 0.15) is 0 Å². The molecule has 0 saturated heterocycles. The maximum atomic E-state index is 9.89. The van der Waals surface area contributed by atoms with E-state index >= 15 is 0 Å². The van der Waals surface area contributed by atoms with Crippen LogP contribution in [0.2, 0.25) is 0 Å². The van der Waals surface area contributed by atoms with Crippen molar-refractivity contribution >= 4 is 0 Å². The maximum Gasteiger partial charge on any atom is 0.0541 e. The third-order valence-corrected chi connectivity index (χ3v) is 4.11. The molecule has 2 nitrogen and oxygen atoms in total. The summed E-state index contributed by atoms with van der Waals surface area (Å²) in [6.07, 6.45) is 15.7. The van der Waals surface area contributed by atoms with Crippen molar-refractivity contribution < 1.29 is 10.2 Å². The summed E-state index contributed by atoms with van der Waals surface area (Å²) in [6.45, 7) is 4.39. The summed E-state index contributed by atoms with van der Waals surface area (Å²) in [5, 5.41) is 19.6. The fraction of sp³-hybridized carbons (Fsp3) is 1.00. The van der Waals surface area contributed by atoms with Gasteiger partial charge in [0.2, 0.25) is 0 Å². The molecule has 0 aromatic carbocycles. The van der Waals surface area contributed by atoms with Crippen molar-refractivity contribution in [2.75, 3.05) is 0 Å². The molecule has 0 radical (unpaired) electrons. The third kappa shape index (κ3) is 14.3. The van der Waals surface area contributed by atoms with Crippen LogP contribution in [-0.4, -0.2) is 22.4 Å². The van der Waals surface area contributed by atoms with Crippen molar-refractivity contribution in [3.05, 3.63) is 0 Å². The molecule has 0 aliphatic rings. The second-order valence-electron chi connectivity index (χ2n) is 6.29. The maximum absolute atomic E-state index is 9.89. The first-order valence-electron chi connectivity index (χ1n) is 9.06. The molecule has 0 aromatic heterocycles. The average molecular weight is 287 g/mol. The van der Waals surface area contributed by atoms with E-state index in [0.717, 1.165) is 44.9 Å².